The molecule has 0 aliphatic heterocycles. The van der Waals surface area contributed by atoms with Gasteiger partial charge in [-0.1, -0.05) is 76.9 Å². The number of benzene rings is 3. The minimum atomic E-state index is -3.96. The molecule has 0 saturated carbocycles. The Kier molecular flexibility index (Phi) is 10.9. The van der Waals surface area contributed by atoms with Gasteiger partial charge in [-0.05, 0) is 53.9 Å². The van der Waals surface area contributed by atoms with Crippen molar-refractivity contribution in [3.63, 3.8) is 0 Å². The van der Waals surface area contributed by atoms with Crippen LogP contribution in [0, 0.1) is 0 Å². The Morgan fingerprint density at radius 3 is 2.18 bits per heavy atom. The third-order valence-corrected chi connectivity index (χ3v) is 8.56. The summed E-state index contributed by atoms with van der Waals surface area (Å²) in [6, 6.07) is 21.8. The van der Waals surface area contributed by atoms with Crippen LogP contribution < -0.4 is 5.32 Å². The maximum absolute atomic E-state index is 13.8. The molecule has 0 radical (unpaired) electrons. The van der Waals surface area contributed by atoms with Gasteiger partial charge in [0.15, 0.2) is 0 Å². The van der Waals surface area contributed by atoms with Gasteiger partial charge in [-0.15, -0.1) is 0 Å². The molecule has 0 aromatic heterocycles. The second kappa shape index (κ2) is 13.9. The van der Waals surface area contributed by atoms with Crippen LogP contribution in [0.5, 0.6) is 0 Å². The molecule has 10 heteroatoms. The summed E-state index contributed by atoms with van der Waals surface area (Å²) in [6.45, 7) is 2.12. The van der Waals surface area contributed by atoms with E-state index in [1.54, 1.807) is 0 Å². The van der Waals surface area contributed by atoms with Crippen LogP contribution >= 0.6 is 27.5 Å². The average Bonchev–Trinajstić information content (AvgIpc) is 2.91. The van der Waals surface area contributed by atoms with Crippen molar-refractivity contribution in [2.75, 3.05) is 20.1 Å². The molecule has 0 bridgehead atoms. The predicted octanol–water partition coefficient (Wildman–Crippen LogP) is 4.89. The Morgan fingerprint density at radius 2 is 1.58 bits per heavy atom. The van der Waals surface area contributed by atoms with E-state index in [4.69, 9.17) is 11.6 Å². The van der Waals surface area contributed by atoms with Crippen molar-refractivity contribution >= 4 is 49.4 Å². The molecule has 0 heterocycles. The van der Waals surface area contributed by atoms with Crippen LogP contribution in [0.2, 0.25) is 5.02 Å². The minimum Gasteiger partial charge on any atom is -0.354 e. The first-order valence-electron chi connectivity index (χ1n) is 12.2. The number of amides is 2. The van der Waals surface area contributed by atoms with Gasteiger partial charge >= 0.3 is 0 Å². The second-order valence-corrected chi connectivity index (χ2v) is 12.3. The molecule has 3 rings (SSSR count). The molecule has 7 nitrogen and oxygen atoms in total. The number of halogens is 2. The van der Waals surface area contributed by atoms with Gasteiger partial charge in [0.05, 0.1) is 11.4 Å². The lowest BCUT2D eigenvalue weighted by molar-refractivity contribution is -0.141. The second-order valence-electron chi connectivity index (χ2n) is 8.86. The van der Waals surface area contributed by atoms with Gasteiger partial charge in [0.1, 0.15) is 6.04 Å². The monoisotopic (exact) mass is 619 g/mol. The summed E-state index contributed by atoms with van der Waals surface area (Å²) in [7, 11) is -2.61. The van der Waals surface area contributed by atoms with E-state index in [1.165, 1.54) is 36.2 Å². The van der Waals surface area contributed by atoms with E-state index in [-0.39, 0.29) is 23.8 Å². The Labute approximate surface area is 238 Å². The highest BCUT2D eigenvalue weighted by Crippen LogP contribution is 2.20. The molecule has 202 valence electrons. The van der Waals surface area contributed by atoms with Gasteiger partial charge < -0.3 is 10.2 Å². The quantitative estimate of drug-likeness (QED) is 0.313. The highest BCUT2D eigenvalue weighted by atomic mass is 79.9. The van der Waals surface area contributed by atoms with E-state index < -0.39 is 28.5 Å². The number of nitrogens with one attached hydrogen (secondary N) is 1. The summed E-state index contributed by atoms with van der Waals surface area (Å²) < 4.78 is 28.2. The van der Waals surface area contributed by atoms with Crippen LogP contribution in [0.15, 0.2) is 88.2 Å². The summed E-state index contributed by atoms with van der Waals surface area (Å²) >= 11 is 9.33. The zero-order chi connectivity index (χ0) is 27.7. The number of sulfonamides is 1. The number of likely N-dealkylation sites (N-methyl/N-ethyl adjacent to an activating group) is 1. The maximum atomic E-state index is 13.8. The summed E-state index contributed by atoms with van der Waals surface area (Å²) in [5.74, 6) is -0.773. The van der Waals surface area contributed by atoms with E-state index in [0.29, 0.717) is 11.6 Å². The van der Waals surface area contributed by atoms with Crippen molar-refractivity contribution in [2.24, 2.45) is 0 Å². The molecule has 0 aliphatic rings. The molecule has 0 spiro atoms. The molecular weight excluding hydrogens is 590 g/mol. The molecule has 2 amide bonds. The fraction of sp³-hybridized carbons (Fsp3) is 0.286. The van der Waals surface area contributed by atoms with Crippen LogP contribution in [-0.2, 0) is 32.6 Å². The Morgan fingerprint density at radius 1 is 0.947 bits per heavy atom. The Hall–Kier alpha value is -2.72. The van der Waals surface area contributed by atoms with Crippen molar-refractivity contribution in [3.05, 3.63) is 99.5 Å². The van der Waals surface area contributed by atoms with Gasteiger partial charge in [0.25, 0.3) is 0 Å². The van der Waals surface area contributed by atoms with Crippen molar-refractivity contribution < 1.29 is 18.0 Å². The standard InChI is InChI=1S/C28H31BrClN3O4S/c1-3-17-31-28(35)26(18-21-7-5-4-6-8-21)33(19-22-9-11-23(29)12-10-22)27(34)20-32(2)38(36,37)25-15-13-24(30)14-16-25/h4-16,26H,3,17-20H2,1-2H3,(H,31,35). The lowest BCUT2D eigenvalue weighted by atomic mass is 10.0. The molecule has 0 fully saturated rings. The van der Waals surface area contributed by atoms with Crippen LogP contribution in [0.3, 0.4) is 0 Å². The van der Waals surface area contributed by atoms with Crippen LogP contribution in [-0.4, -0.2) is 55.6 Å². The molecule has 38 heavy (non-hydrogen) atoms. The topological polar surface area (TPSA) is 86.8 Å². The van der Waals surface area contributed by atoms with Crippen LogP contribution in [0.25, 0.3) is 0 Å². The SMILES string of the molecule is CCCNC(=O)C(Cc1ccccc1)N(Cc1ccc(Br)cc1)C(=O)CN(C)S(=O)(=O)c1ccc(Cl)cc1. The van der Waals surface area contributed by atoms with Gasteiger partial charge in [0.2, 0.25) is 21.8 Å². The zero-order valence-corrected chi connectivity index (χ0v) is 24.5. The number of nitrogens with zero attached hydrogens (tertiary/aromatic N) is 2. The third-order valence-electron chi connectivity index (χ3n) is 5.97. The normalized spacial score (nSPS) is 12.2. The van der Waals surface area contributed by atoms with Gasteiger partial charge in [-0.2, -0.15) is 4.31 Å². The predicted molar refractivity (Wildman–Crippen MR) is 153 cm³/mol. The summed E-state index contributed by atoms with van der Waals surface area (Å²) in [5.41, 5.74) is 1.70. The fourth-order valence-electron chi connectivity index (χ4n) is 3.86. The lowest BCUT2D eigenvalue weighted by Gasteiger charge is -2.32. The zero-order valence-electron chi connectivity index (χ0n) is 21.3. The van der Waals surface area contributed by atoms with Gasteiger partial charge in [-0.25, -0.2) is 8.42 Å². The van der Waals surface area contributed by atoms with Crippen molar-refractivity contribution in [3.8, 4) is 0 Å². The molecule has 1 unspecified atom stereocenters. The molecule has 3 aromatic carbocycles. The summed E-state index contributed by atoms with van der Waals surface area (Å²) in [4.78, 5) is 28.6. The molecular formula is C28H31BrClN3O4S. The van der Waals surface area contributed by atoms with Gasteiger partial charge in [0, 0.05) is 36.1 Å². The van der Waals surface area contributed by atoms with E-state index in [2.05, 4.69) is 21.2 Å². The number of carbonyl (C=O) groups excluding carboxylic acids is 2. The highest BCUT2D eigenvalue weighted by molar-refractivity contribution is 9.10. The van der Waals surface area contributed by atoms with Crippen molar-refractivity contribution in [2.45, 2.75) is 37.2 Å². The number of hydrogen-bond acceptors (Lipinski definition) is 4. The third kappa shape index (κ3) is 8.14. The minimum absolute atomic E-state index is 0.0261. The smallest absolute Gasteiger partial charge is 0.243 e. The van der Waals surface area contributed by atoms with E-state index in [1.807, 2.05) is 61.5 Å². The number of hydrogen-bond donors (Lipinski definition) is 1. The van der Waals surface area contributed by atoms with E-state index >= 15 is 0 Å². The lowest BCUT2D eigenvalue weighted by Crippen LogP contribution is -2.53. The molecule has 1 atom stereocenters. The fourth-order valence-corrected chi connectivity index (χ4v) is 5.37. The number of rotatable bonds is 12. The van der Waals surface area contributed by atoms with E-state index in [0.717, 1.165) is 26.3 Å². The van der Waals surface area contributed by atoms with Crippen LogP contribution in [0.1, 0.15) is 24.5 Å². The first-order chi connectivity index (χ1) is 18.1. The molecule has 1 N–H and O–H groups in total. The van der Waals surface area contributed by atoms with Gasteiger partial charge in [-0.3, -0.25) is 9.59 Å². The van der Waals surface area contributed by atoms with Crippen molar-refractivity contribution in [1.29, 1.82) is 0 Å². The maximum Gasteiger partial charge on any atom is 0.243 e. The van der Waals surface area contributed by atoms with Crippen LogP contribution in [0.4, 0.5) is 0 Å². The van der Waals surface area contributed by atoms with Crippen molar-refractivity contribution in [1.82, 2.24) is 14.5 Å². The largest absolute Gasteiger partial charge is 0.354 e. The highest BCUT2D eigenvalue weighted by Gasteiger charge is 2.33. The van der Waals surface area contributed by atoms with E-state index in [9.17, 15) is 18.0 Å². The molecule has 3 aromatic rings. The number of carbonyl (C=O) groups is 2. The Balaban J connectivity index is 1.95. The summed E-state index contributed by atoms with van der Waals surface area (Å²) in [5, 5.41) is 3.32. The molecule has 0 saturated heterocycles. The molecule has 0 aliphatic carbocycles. The first kappa shape index (κ1) is 29.8. The Bertz CT molecular complexity index is 1320. The first-order valence-corrected chi connectivity index (χ1v) is 14.8. The average molecular weight is 621 g/mol. The summed E-state index contributed by atoms with van der Waals surface area (Å²) in [6.07, 6.45) is 1.03.